The van der Waals surface area contributed by atoms with Crippen molar-refractivity contribution in [2.24, 2.45) is 5.92 Å². The number of para-hydroxylation sites is 1. The van der Waals surface area contributed by atoms with Crippen LogP contribution in [-0.2, 0) is 4.79 Å². The van der Waals surface area contributed by atoms with Crippen LogP contribution in [0.3, 0.4) is 0 Å². The van der Waals surface area contributed by atoms with Crippen LogP contribution >= 0.6 is 0 Å². The predicted molar refractivity (Wildman–Crippen MR) is 69.0 cm³/mol. The molecule has 102 valence electrons. The van der Waals surface area contributed by atoms with Crippen LogP contribution in [0.5, 0.6) is 5.75 Å². The van der Waals surface area contributed by atoms with Gasteiger partial charge in [-0.05, 0) is 30.9 Å². The van der Waals surface area contributed by atoms with Crippen molar-refractivity contribution in [2.75, 3.05) is 6.54 Å². The molecule has 1 amide bonds. The second-order valence-electron chi connectivity index (χ2n) is 5.00. The summed E-state index contributed by atoms with van der Waals surface area (Å²) >= 11 is 0. The first-order valence-corrected chi connectivity index (χ1v) is 6.32. The number of benzene rings is 1. The zero-order valence-corrected chi connectivity index (χ0v) is 10.7. The number of aromatic hydroxyl groups is 1. The Labute approximate surface area is 111 Å². The van der Waals surface area contributed by atoms with Crippen molar-refractivity contribution in [2.45, 2.75) is 25.8 Å². The lowest BCUT2D eigenvalue weighted by atomic mass is 9.92. The maximum absolute atomic E-state index is 12.3. The molecule has 1 aromatic rings. The van der Waals surface area contributed by atoms with Crippen LogP contribution in [0.2, 0.25) is 0 Å². The largest absolute Gasteiger partial charge is 0.507 e. The number of phenols is 1. The van der Waals surface area contributed by atoms with Crippen LogP contribution in [0, 0.1) is 5.92 Å². The Morgan fingerprint density at radius 2 is 2.00 bits per heavy atom. The monoisotopic (exact) mass is 263 g/mol. The van der Waals surface area contributed by atoms with E-state index in [1.165, 1.54) is 17.0 Å². The normalized spacial score (nSPS) is 23.1. The molecular weight excluding hydrogens is 246 g/mol. The Bertz CT molecular complexity index is 500. The summed E-state index contributed by atoms with van der Waals surface area (Å²) in [7, 11) is 0. The number of carboxylic acid groups (broad SMARTS) is 1. The number of phenolic OH excluding ortho intramolecular Hbond substituents is 1. The van der Waals surface area contributed by atoms with Crippen molar-refractivity contribution in [1.29, 1.82) is 0 Å². The minimum atomic E-state index is -0.990. The highest BCUT2D eigenvalue weighted by molar-refractivity contribution is 5.98. The predicted octanol–water partition coefficient (Wildman–Crippen LogP) is 1.72. The molecule has 5 heteroatoms. The zero-order valence-electron chi connectivity index (χ0n) is 10.7. The van der Waals surface area contributed by atoms with E-state index in [2.05, 4.69) is 0 Å². The molecule has 0 aliphatic carbocycles. The summed E-state index contributed by atoms with van der Waals surface area (Å²) in [5.74, 6) is -1.24. The molecule has 1 aliphatic heterocycles. The Hall–Kier alpha value is -2.04. The molecule has 1 heterocycles. The third-order valence-electron chi connectivity index (χ3n) is 3.55. The minimum Gasteiger partial charge on any atom is -0.507 e. The lowest BCUT2D eigenvalue weighted by Gasteiger charge is -2.36. The lowest BCUT2D eigenvalue weighted by Crippen LogP contribution is -2.49. The molecule has 1 saturated heterocycles. The Kier molecular flexibility index (Phi) is 3.74. The third kappa shape index (κ3) is 2.70. The van der Waals surface area contributed by atoms with Crippen molar-refractivity contribution in [3.05, 3.63) is 29.8 Å². The first kappa shape index (κ1) is 13.4. The second-order valence-corrected chi connectivity index (χ2v) is 5.00. The molecule has 19 heavy (non-hydrogen) atoms. The Balaban J connectivity index is 2.27. The number of aliphatic carboxylic acids is 1. The number of hydrogen-bond acceptors (Lipinski definition) is 3. The summed E-state index contributed by atoms with van der Waals surface area (Å²) in [5.41, 5.74) is 0.156. The number of carboxylic acids is 1. The van der Waals surface area contributed by atoms with E-state index < -0.39 is 17.9 Å². The number of rotatable bonds is 2. The summed E-state index contributed by atoms with van der Waals surface area (Å²) in [4.78, 5) is 25.0. The number of carbonyl (C=O) groups excluding carboxylic acids is 1. The van der Waals surface area contributed by atoms with Gasteiger partial charge in [0.25, 0.3) is 5.91 Å². The van der Waals surface area contributed by atoms with Gasteiger partial charge in [0, 0.05) is 6.54 Å². The van der Waals surface area contributed by atoms with Crippen molar-refractivity contribution in [3.63, 3.8) is 0 Å². The summed E-state index contributed by atoms with van der Waals surface area (Å²) in [6.07, 6.45) is 1.23. The fraction of sp³-hybridized carbons (Fsp3) is 0.429. The molecule has 0 spiro atoms. The first-order valence-electron chi connectivity index (χ1n) is 6.32. The summed E-state index contributed by atoms with van der Waals surface area (Å²) in [6, 6.07) is 5.40. The topological polar surface area (TPSA) is 77.8 Å². The van der Waals surface area contributed by atoms with Gasteiger partial charge in [0.05, 0.1) is 5.56 Å². The Morgan fingerprint density at radius 1 is 1.32 bits per heavy atom. The van der Waals surface area contributed by atoms with E-state index in [0.717, 1.165) is 6.42 Å². The second kappa shape index (κ2) is 5.30. The van der Waals surface area contributed by atoms with Crippen LogP contribution in [-0.4, -0.2) is 39.6 Å². The fourth-order valence-electron chi connectivity index (χ4n) is 2.43. The van der Waals surface area contributed by atoms with Gasteiger partial charge < -0.3 is 15.1 Å². The zero-order chi connectivity index (χ0) is 14.0. The lowest BCUT2D eigenvalue weighted by molar-refractivity contribution is -0.144. The fourth-order valence-corrected chi connectivity index (χ4v) is 2.43. The molecular formula is C14H17NO4. The molecule has 0 saturated carbocycles. The molecule has 2 rings (SSSR count). The van der Waals surface area contributed by atoms with Crippen molar-refractivity contribution < 1.29 is 19.8 Å². The molecule has 1 aromatic carbocycles. The molecule has 5 nitrogen and oxygen atoms in total. The van der Waals surface area contributed by atoms with Crippen LogP contribution in [0.25, 0.3) is 0 Å². The number of nitrogens with zero attached hydrogens (tertiary/aromatic N) is 1. The minimum absolute atomic E-state index is 0.115. The molecule has 1 fully saturated rings. The quantitative estimate of drug-likeness (QED) is 0.851. The van der Waals surface area contributed by atoms with Crippen LogP contribution < -0.4 is 0 Å². The average molecular weight is 263 g/mol. The van der Waals surface area contributed by atoms with Crippen molar-refractivity contribution >= 4 is 11.9 Å². The van der Waals surface area contributed by atoms with Gasteiger partial charge in [-0.2, -0.15) is 0 Å². The van der Waals surface area contributed by atoms with E-state index in [1.54, 1.807) is 12.1 Å². The van der Waals surface area contributed by atoms with Gasteiger partial charge in [-0.3, -0.25) is 4.79 Å². The third-order valence-corrected chi connectivity index (χ3v) is 3.55. The van der Waals surface area contributed by atoms with Crippen LogP contribution in [0.4, 0.5) is 0 Å². The number of amides is 1. The van der Waals surface area contributed by atoms with Gasteiger partial charge in [0.15, 0.2) is 0 Å². The molecule has 2 atom stereocenters. The highest BCUT2D eigenvalue weighted by Crippen LogP contribution is 2.26. The smallest absolute Gasteiger partial charge is 0.326 e. The number of carbonyl (C=O) groups is 2. The molecule has 0 radical (unpaired) electrons. The van der Waals surface area contributed by atoms with E-state index in [1.807, 2.05) is 6.92 Å². The standard InChI is InChI=1S/C14H17NO4/c1-9-6-7-15(11(8-9)14(18)19)13(17)10-4-2-3-5-12(10)16/h2-5,9,11,16H,6-8H2,1H3,(H,18,19). The Morgan fingerprint density at radius 3 is 2.63 bits per heavy atom. The summed E-state index contributed by atoms with van der Waals surface area (Å²) in [6.45, 7) is 2.39. The molecule has 0 bridgehead atoms. The number of hydrogen-bond donors (Lipinski definition) is 2. The van der Waals surface area contributed by atoms with Crippen molar-refractivity contribution in [1.82, 2.24) is 4.90 Å². The van der Waals surface area contributed by atoms with Crippen molar-refractivity contribution in [3.8, 4) is 5.75 Å². The first-order chi connectivity index (χ1) is 9.00. The van der Waals surface area contributed by atoms with Gasteiger partial charge in [-0.1, -0.05) is 19.1 Å². The van der Waals surface area contributed by atoms with Gasteiger partial charge in [0.1, 0.15) is 11.8 Å². The van der Waals surface area contributed by atoms with E-state index in [0.29, 0.717) is 13.0 Å². The van der Waals surface area contributed by atoms with Gasteiger partial charge >= 0.3 is 5.97 Å². The highest BCUT2D eigenvalue weighted by Gasteiger charge is 2.35. The molecule has 0 aromatic heterocycles. The highest BCUT2D eigenvalue weighted by atomic mass is 16.4. The maximum atomic E-state index is 12.3. The van der Waals surface area contributed by atoms with Crippen LogP contribution in [0.15, 0.2) is 24.3 Å². The number of likely N-dealkylation sites (tertiary alicyclic amines) is 1. The van der Waals surface area contributed by atoms with Gasteiger partial charge in [-0.25, -0.2) is 4.79 Å². The van der Waals surface area contributed by atoms with E-state index in [-0.39, 0.29) is 17.2 Å². The number of piperidine rings is 1. The van der Waals surface area contributed by atoms with E-state index >= 15 is 0 Å². The van der Waals surface area contributed by atoms with E-state index in [9.17, 15) is 19.8 Å². The summed E-state index contributed by atoms with van der Waals surface area (Å²) < 4.78 is 0. The summed E-state index contributed by atoms with van der Waals surface area (Å²) in [5, 5.41) is 18.9. The SMILES string of the molecule is CC1CCN(C(=O)c2ccccc2O)C(C(=O)O)C1. The van der Waals surface area contributed by atoms with Gasteiger partial charge in [-0.15, -0.1) is 0 Å². The maximum Gasteiger partial charge on any atom is 0.326 e. The molecule has 1 aliphatic rings. The van der Waals surface area contributed by atoms with Crippen LogP contribution in [0.1, 0.15) is 30.1 Å². The van der Waals surface area contributed by atoms with E-state index in [4.69, 9.17) is 0 Å². The molecule has 2 N–H and O–H groups in total. The molecule has 2 unspecified atom stereocenters. The average Bonchev–Trinajstić information content (AvgIpc) is 2.38. The van der Waals surface area contributed by atoms with Gasteiger partial charge in [0.2, 0.25) is 0 Å².